The lowest BCUT2D eigenvalue weighted by Crippen LogP contribution is -2.34. The van der Waals surface area contributed by atoms with Gasteiger partial charge in [0, 0.05) is 11.6 Å². The number of nitrogens with two attached hydrogens (primary N) is 1. The Balaban J connectivity index is 2.04. The summed E-state index contributed by atoms with van der Waals surface area (Å²) in [7, 11) is 0. The number of nitrogen functional groups attached to an aromatic ring is 1. The minimum Gasteiger partial charge on any atom is -0.397 e. The highest BCUT2D eigenvalue weighted by atomic mass is 35.5. The quantitative estimate of drug-likeness (QED) is 0.833. The summed E-state index contributed by atoms with van der Waals surface area (Å²) < 4.78 is 0. The molecule has 0 saturated carbocycles. The molecule has 106 valence electrons. The summed E-state index contributed by atoms with van der Waals surface area (Å²) in [5, 5.41) is 7.56. The van der Waals surface area contributed by atoms with E-state index in [1.54, 1.807) is 11.3 Å². The molecule has 0 saturated heterocycles. The van der Waals surface area contributed by atoms with Gasteiger partial charge in [-0.1, -0.05) is 23.2 Å². The fraction of sp³-hybridized carbons (Fsp3) is 0.214. The number of nitrogens with one attached hydrogen (secondary N) is 1. The average Bonchev–Trinajstić information content (AvgIpc) is 2.87. The van der Waals surface area contributed by atoms with Crippen LogP contribution in [0.4, 0.5) is 5.69 Å². The Kier molecular flexibility index (Phi) is 4.91. The lowest BCUT2D eigenvalue weighted by atomic mass is 10.1. The van der Waals surface area contributed by atoms with Crippen LogP contribution in [-0.2, 0) is 6.42 Å². The molecular formula is C14H14Cl2N2OS. The second kappa shape index (κ2) is 6.48. The van der Waals surface area contributed by atoms with E-state index in [0.717, 1.165) is 6.42 Å². The van der Waals surface area contributed by atoms with Crippen molar-refractivity contribution in [3.8, 4) is 0 Å². The molecule has 0 spiro atoms. The standard InChI is InChI=1S/C14H14Cl2N2OS/c1-8(4-9-2-3-20-7-9)18-14(19)10-5-11(15)13(16)12(17)6-10/h2-3,5-8H,4,17H2,1H3,(H,18,19). The Morgan fingerprint density at radius 1 is 1.45 bits per heavy atom. The van der Waals surface area contributed by atoms with Crippen molar-refractivity contribution in [2.24, 2.45) is 0 Å². The van der Waals surface area contributed by atoms with E-state index in [0.29, 0.717) is 11.3 Å². The van der Waals surface area contributed by atoms with Crippen LogP contribution >= 0.6 is 34.5 Å². The second-order valence-electron chi connectivity index (χ2n) is 4.57. The van der Waals surface area contributed by atoms with Crippen molar-refractivity contribution >= 4 is 46.1 Å². The van der Waals surface area contributed by atoms with Gasteiger partial charge in [-0.2, -0.15) is 11.3 Å². The second-order valence-corrected chi connectivity index (χ2v) is 6.14. The molecule has 1 aromatic heterocycles. The Morgan fingerprint density at radius 3 is 2.80 bits per heavy atom. The molecular weight excluding hydrogens is 315 g/mol. The third-order valence-corrected chi connectivity index (χ3v) is 4.37. The van der Waals surface area contributed by atoms with E-state index < -0.39 is 0 Å². The van der Waals surface area contributed by atoms with Gasteiger partial charge in [-0.05, 0) is 47.9 Å². The molecule has 6 heteroatoms. The maximum absolute atomic E-state index is 12.1. The largest absolute Gasteiger partial charge is 0.397 e. The maximum Gasteiger partial charge on any atom is 0.251 e. The lowest BCUT2D eigenvalue weighted by Gasteiger charge is -2.14. The topological polar surface area (TPSA) is 55.1 Å². The summed E-state index contributed by atoms with van der Waals surface area (Å²) in [6.45, 7) is 1.95. The minimum absolute atomic E-state index is 0.0211. The van der Waals surface area contributed by atoms with E-state index in [1.807, 2.05) is 18.4 Å². The number of halogens is 2. The molecule has 1 unspecified atom stereocenters. The van der Waals surface area contributed by atoms with Crippen molar-refractivity contribution < 1.29 is 4.79 Å². The monoisotopic (exact) mass is 328 g/mol. The molecule has 20 heavy (non-hydrogen) atoms. The molecule has 1 heterocycles. The van der Waals surface area contributed by atoms with Gasteiger partial charge in [0.2, 0.25) is 0 Å². The summed E-state index contributed by atoms with van der Waals surface area (Å²) in [4.78, 5) is 12.1. The molecule has 2 rings (SSSR count). The Labute approximate surface area is 131 Å². The van der Waals surface area contributed by atoms with E-state index in [9.17, 15) is 4.79 Å². The SMILES string of the molecule is CC(Cc1ccsc1)NC(=O)c1cc(N)c(Cl)c(Cl)c1. The molecule has 1 atom stereocenters. The normalized spacial score (nSPS) is 12.2. The summed E-state index contributed by atoms with van der Waals surface area (Å²) >= 11 is 13.4. The molecule has 3 N–H and O–H groups in total. The summed E-state index contributed by atoms with van der Waals surface area (Å²) in [5.74, 6) is -0.210. The highest BCUT2D eigenvalue weighted by molar-refractivity contribution is 7.07. The predicted molar refractivity (Wildman–Crippen MR) is 85.8 cm³/mol. The van der Waals surface area contributed by atoms with Gasteiger partial charge in [0.05, 0.1) is 15.7 Å². The summed E-state index contributed by atoms with van der Waals surface area (Å²) in [5.41, 5.74) is 7.62. The Morgan fingerprint density at radius 2 is 2.20 bits per heavy atom. The first-order chi connectivity index (χ1) is 9.47. The van der Waals surface area contributed by atoms with Crippen molar-refractivity contribution in [3.05, 3.63) is 50.1 Å². The number of thiophene rings is 1. The van der Waals surface area contributed by atoms with Crippen LogP contribution in [0.1, 0.15) is 22.8 Å². The third-order valence-electron chi connectivity index (χ3n) is 2.82. The van der Waals surface area contributed by atoms with E-state index in [2.05, 4.69) is 10.7 Å². The van der Waals surface area contributed by atoms with Crippen molar-refractivity contribution in [3.63, 3.8) is 0 Å². The third kappa shape index (κ3) is 3.66. The van der Waals surface area contributed by atoms with E-state index in [4.69, 9.17) is 28.9 Å². The zero-order valence-corrected chi connectivity index (χ0v) is 13.1. The molecule has 0 aliphatic rings. The van der Waals surface area contributed by atoms with Crippen LogP contribution in [0.2, 0.25) is 10.0 Å². The lowest BCUT2D eigenvalue weighted by molar-refractivity contribution is 0.0940. The average molecular weight is 329 g/mol. The van der Waals surface area contributed by atoms with Gasteiger partial charge in [-0.3, -0.25) is 4.79 Å². The first kappa shape index (κ1) is 15.2. The van der Waals surface area contributed by atoms with Crippen LogP contribution in [0.25, 0.3) is 0 Å². The molecule has 0 aliphatic heterocycles. The van der Waals surface area contributed by atoms with Crippen LogP contribution in [0, 0.1) is 0 Å². The van der Waals surface area contributed by atoms with Crippen molar-refractivity contribution in [2.45, 2.75) is 19.4 Å². The van der Waals surface area contributed by atoms with Gasteiger partial charge in [0.15, 0.2) is 0 Å². The van der Waals surface area contributed by atoms with E-state index in [-0.39, 0.29) is 22.0 Å². The molecule has 0 bridgehead atoms. The summed E-state index contributed by atoms with van der Waals surface area (Å²) in [6, 6.07) is 5.12. The number of carbonyl (C=O) groups excluding carboxylic acids is 1. The highest BCUT2D eigenvalue weighted by Crippen LogP contribution is 2.29. The number of rotatable bonds is 4. The number of hydrogen-bond acceptors (Lipinski definition) is 3. The van der Waals surface area contributed by atoms with Crippen LogP contribution in [0.3, 0.4) is 0 Å². The van der Waals surface area contributed by atoms with Crippen LogP contribution in [-0.4, -0.2) is 11.9 Å². The van der Waals surface area contributed by atoms with Gasteiger partial charge in [0.25, 0.3) is 5.91 Å². The smallest absolute Gasteiger partial charge is 0.251 e. The van der Waals surface area contributed by atoms with Gasteiger partial charge in [-0.15, -0.1) is 0 Å². The number of carbonyl (C=O) groups is 1. The van der Waals surface area contributed by atoms with Crippen LogP contribution in [0.15, 0.2) is 29.0 Å². The molecule has 1 aromatic carbocycles. The molecule has 1 amide bonds. The molecule has 2 aromatic rings. The number of hydrogen-bond donors (Lipinski definition) is 2. The fourth-order valence-corrected chi connectivity index (χ4v) is 2.88. The predicted octanol–water partition coefficient (Wildman–Crippen LogP) is 4.00. The zero-order valence-electron chi connectivity index (χ0n) is 10.8. The van der Waals surface area contributed by atoms with Gasteiger partial charge in [-0.25, -0.2) is 0 Å². The Bertz CT molecular complexity index is 591. The van der Waals surface area contributed by atoms with Gasteiger partial charge < -0.3 is 11.1 Å². The van der Waals surface area contributed by atoms with E-state index in [1.165, 1.54) is 17.7 Å². The van der Waals surface area contributed by atoms with Crippen LogP contribution < -0.4 is 11.1 Å². The highest BCUT2D eigenvalue weighted by Gasteiger charge is 2.14. The molecule has 3 nitrogen and oxygen atoms in total. The minimum atomic E-state index is -0.210. The molecule has 0 fully saturated rings. The maximum atomic E-state index is 12.1. The van der Waals surface area contributed by atoms with Crippen molar-refractivity contribution in [1.29, 1.82) is 0 Å². The number of amides is 1. The van der Waals surface area contributed by atoms with Crippen molar-refractivity contribution in [2.75, 3.05) is 5.73 Å². The van der Waals surface area contributed by atoms with Crippen molar-refractivity contribution in [1.82, 2.24) is 5.32 Å². The first-order valence-electron chi connectivity index (χ1n) is 6.04. The fourth-order valence-electron chi connectivity index (χ4n) is 1.86. The molecule has 0 radical (unpaired) electrons. The molecule has 0 aliphatic carbocycles. The van der Waals surface area contributed by atoms with Crippen LogP contribution in [0.5, 0.6) is 0 Å². The number of benzene rings is 1. The van der Waals surface area contributed by atoms with Gasteiger partial charge in [0.1, 0.15) is 0 Å². The summed E-state index contributed by atoms with van der Waals surface area (Å²) in [6.07, 6.45) is 0.784. The van der Waals surface area contributed by atoms with E-state index >= 15 is 0 Å². The Hall–Kier alpha value is -1.23. The van der Waals surface area contributed by atoms with Gasteiger partial charge >= 0.3 is 0 Å². The first-order valence-corrected chi connectivity index (χ1v) is 7.73. The zero-order chi connectivity index (χ0) is 14.7. The number of anilines is 1.